The summed E-state index contributed by atoms with van der Waals surface area (Å²) in [7, 11) is -3.63. The summed E-state index contributed by atoms with van der Waals surface area (Å²) in [4.78, 5) is 24.7. The molecule has 1 saturated heterocycles. The van der Waals surface area contributed by atoms with E-state index in [4.69, 9.17) is 9.47 Å². The van der Waals surface area contributed by atoms with E-state index in [9.17, 15) is 18.0 Å². The minimum Gasteiger partial charge on any atom is -0.462 e. The zero-order chi connectivity index (χ0) is 20.9. The van der Waals surface area contributed by atoms with Crippen molar-refractivity contribution < 1.29 is 27.5 Å². The van der Waals surface area contributed by atoms with Gasteiger partial charge in [0.05, 0.1) is 36.0 Å². The average Bonchev–Trinajstić information content (AvgIpc) is 2.75. The summed E-state index contributed by atoms with van der Waals surface area (Å²) in [6.07, 6.45) is 0. The number of amides is 1. The minimum atomic E-state index is -3.63. The number of hydrogen-bond acceptors (Lipinski definition) is 6. The maximum atomic E-state index is 12.7. The van der Waals surface area contributed by atoms with Crippen LogP contribution >= 0.6 is 0 Å². The Morgan fingerprint density at radius 2 is 1.72 bits per heavy atom. The molecule has 1 heterocycles. The van der Waals surface area contributed by atoms with Crippen molar-refractivity contribution >= 4 is 27.6 Å². The van der Waals surface area contributed by atoms with Crippen LogP contribution in [0.2, 0.25) is 0 Å². The Labute approximate surface area is 169 Å². The molecule has 0 saturated carbocycles. The van der Waals surface area contributed by atoms with E-state index in [2.05, 4.69) is 5.32 Å². The Hall–Kier alpha value is -2.75. The van der Waals surface area contributed by atoms with Gasteiger partial charge in [0.1, 0.15) is 0 Å². The Bertz CT molecular complexity index is 982. The molecule has 2 aromatic rings. The van der Waals surface area contributed by atoms with E-state index in [-0.39, 0.29) is 22.6 Å². The van der Waals surface area contributed by atoms with Crippen molar-refractivity contribution in [2.45, 2.75) is 11.8 Å². The molecule has 1 aliphatic rings. The van der Waals surface area contributed by atoms with Crippen LogP contribution in [-0.2, 0) is 19.5 Å². The number of anilines is 1. The number of hydrogen-bond donors (Lipinski definition) is 1. The zero-order valence-corrected chi connectivity index (χ0v) is 16.8. The molecular formula is C20H22N2O6S. The molecule has 2 aromatic carbocycles. The lowest BCUT2D eigenvalue weighted by Crippen LogP contribution is -2.40. The quantitative estimate of drug-likeness (QED) is 0.721. The van der Waals surface area contributed by atoms with Crippen LogP contribution in [0.5, 0.6) is 0 Å². The number of esters is 1. The van der Waals surface area contributed by atoms with Gasteiger partial charge in [-0.05, 0) is 43.3 Å². The summed E-state index contributed by atoms with van der Waals surface area (Å²) in [5, 5.41) is 2.67. The SMILES string of the molecule is CCOC(=O)c1ccccc1NC(=O)c1ccc(S(=O)(=O)N2CCOCC2)cc1. The number of carbonyl (C=O) groups is 2. The van der Waals surface area contributed by atoms with Gasteiger partial charge in [-0.2, -0.15) is 4.31 Å². The molecule has 0 unspecified atom stereocenters. The first-order chi connectivity index (χ1) is 13.9. The van der Waals surface area contributed by atoms with Crippen LogP contribution in [0.1, 0.15) is 27.6 Å². The molecule has 1 fully saturated rings. The first-order valence-electron chi connectivity index (χ1n) is 9.19. The van der Waals surface area contributed by atoms with Crippen LogP contribution in [0.25, 0.3) is 0 Å². The molecule has 1 aliphatic heterocycles. The number of ether oxygens (including phenoxy) is 2. The van der Waals surface area contributed by atoms with Gasteiger partial charge < -0.3 is 14.8 Å². The Balaban J connectivity index is 1.76. The molecule has 154 valence electrons. The number of para-hydroxylation sites is 1. The van der Waals surface area contributed by atoms with Crippen LogP contribution in [0.15, 0.2) is 53.4 Å². The first-order valence-corrected chi connectivity index (χ1v) is 10.6. The van der Waals surface area contributed by atoms with Crippen molar-refractivity contribution in [2.75, 3.05) is 38.2 Å². The molecule has 0 radical (unpaired) electrons. The molecule has 29 heavy (non-hydrogen) atoms. The summed E-state index contributed by atoms with van der Waals surface area (Å²) in [5.41, 5.74) is 0.833. The smallest absolute Gasteiger partial charge is 0.340 e. The van der Waals surface area contributed by atoms with Crippen molar-refractivity contribution in [2.24, 2.45) is 0 Å². The highest BCUT2D eigenvalue weighted by molar-refractivity contribution is 7.89. The molecule has 3 rings (SSSR count). The van der Waals surface area contributed by atoms with Gasteiger partial charge >= 0.3 is 5.97 Å². The molecule has 9 heteroatoms. The maximum Gasteiger partial charge on any atom is 0.340 e. The first kappa shape index (κ1) is 21.0. The van der Waals surface area contributed by atoms with E-state index >= 15 is 0 Å². The summed E-state index contributed by atoms with van der Waals surface area (Å²) in [6.45, 7) is 3.25. The van der Waals surface area contributed by atoms with Crippen LogP contribution in [-0.4, -0.2) is 57.5 Å². The van der Waals surface area contributed by atoms with Gasteiger partial charge in [-0.15, -0.1) is 0 Å². The van der Waals surface area contributed by atoms with Crippen molar-refractivity contribution in [1.82, 2.24) is 4.31 Å². The van der Waals surface area contributed by atoms with Gasteiger partial charge in [-0.25, -0.2) is 13.2 Å². The van der Waals surface area contributed by atoms with E-state index in [0.717, 1.165) is 0 Å². The van der Waals surface area contributed by atoms with Gasteiger partial charge in [-0.1, -0.05) is 12.1 Å². The molecule has 0 bridgehead atoms. The highest BCUT2D eigenvalue weighted by Crippen LogP contribution is 2.20. The molecular weight excluding hydrogens is 396 g/mol. The van der Waals surface area contributed by atoms with Crippen LogP contribution in [0.3, 0.4) is 0 Å². The van der Waals surface area contributed by atoms with Gasteiger partial charge in [0.2, 0.25) is 10.0 Å². The molecule has 0 aromatic heterocycles. The summed E-state index contributed by atoms with van der Waals surface area (Å²) < 4.78 is 36.9. The molecule has 0 spiro atoms. The van der Waals surface area contributed by atoms with Crippen LogP contribution < -0.4 is 5.32 Å². The highest BCUT2D eigenvalue weighted by atomic mass is 32.2. The summed E-state index contributed by atoms with van der Waals surface area (Å²) in [5.74, 6) is -0.993. The Morgan fingerprint density at radius 3 is 2.38 bits per heavy atom. The third-order valence-corrected chi connectivity index (χ3v) is 6.31. The van der Waals surface area contributed by atoms with Gasteiger partial charge in [0.25, 0.3) is 5.91 Å². The Morgan fingerprint density at radius 1 is 1.07 bits per heavy atom. The van der Waals surface area contributed by atoms with Gasteiger partial charge in [0, 0.05) is 18.7 Å². The third-order valence-electron chi connectivity index (χ3n) is 4.39. The normalized spacial score (nSPS) is 14.9. The van der Waals surface area contributed by atoms with Crippen molar-refractivity contribution in [3.8, 4) is 0 Å². The zero-order valence-electron chi connectivity index (χ0n) is 16.0. The minimum absolute atomic E-state index is 0.114. The predicted molar refractivity (Wildman–Crippen MR) is 106 cm³/mol. The second-order valence-electron chi connectivity index (χ2n) is 6.26. The van der Waals surface area contributed by atoms with Crippen molar-refractivity contribution in [3.63, 3.8) is 0 Å². The Kier molecular flexibility index (Phi) is 6.63. The molecule has 8 nitrogen and oxygen atoms in total. The van der Waals surface area contributed by atoms with Crippen LogP contribution in [0, 0.1) is 0 Å². The maximum absolute atomic E-state index is 12.7. The summed E-state index contributed by atoms with van der Waals surface area (Å²) in [6, 6.07) is 12.2. The number of benzene rings is 2. The lowest BCUT2D eigenvalue weighted by Gasteiger charge is -2.26. The number of rotatable bonds is 6. The fourth-order valence-electron chi connectivity index (χ4n) is 2.89. The highest BCUT2D eigenvalue weighted by Gasteiger charge is 2.26. The van der Waals surface area contributed by atoms with Gasteiger partial charge in [0.15, 0.2) is 0 Å². The number of nitrogens with one attached hydrogen (secondary N) is 1. The topological polar surface area (TPSA) is 102 Å². The number of morpholine rings is 1. The lowest BCUT2D eigenvalue weighted by atomic mass is 10.1. The lowest BCUT2D eigenvalue weighted by molar-refractivity contribution is 0.0527. The standard InChI is InChI=1S/C20H22N2O6S/c1-2-28-20(24)17-5-3-4-6-18(17)21-19(23)15-7-9-16(10-8-15)29(25,26)22-11-13-27-14-12-22/h3-10H,2,11-14H2,1H3,(H,21,23). The predicted octanol–water partition coefficient (Wildman–Crippen LogP) is 2.14. The van der Waals surface area contributed by atoms with Crippen molar-refractivity contribution in [3.05, 3.63) is 59.7 Å². The van der Waals surface area contributed by atoms with Gasteiger partial charge in [-0.3, -0.25) is 4.79 Å². The van der Waals surface area contributed by atoms with E-state index in [1.165, 1.54) is 28.6 Å². The van der Waals surface area contributed by atoms with E-state index in [1.54, 1.807) is 31.2 Å². The largest absolute Gasteiger partial charge is 0.462 e. The second kappa shape index (κ2) is 9.17. The van der Waals surface area contributed by atoms with Crippen molar-refractivity contribution in [1.29, 1.82) is 0 Å². The monoisotopic (exact) mass is 418 g/mol. The fourth-order valence-corrected chi connectivity index (χ4v) is 4.30. The molecule has 0 atom stereocenters. The second-order valence-corrected chi connectivity index (χ2v) is 8.20. The molecule has 1 amide bonds. The fraction of sp³-hybridized carbons (Fsp3) is 0.300. The number of carbonyl (C=O) groups excluding carboxylic acids is 2. The van der Waals surface area contributed by atoms with E-state index in [0.29, 0.717) is 32.0 Å². The third kappa shape index (κ3) is 4.81. The molecule has 1 N–H and O–H groups in total. The van der Waals surface area contributed by atoms with Crippen LogP contribution in [0.4, 0.5) is 5.69 Å². The van der Waals surface area contributed by atoms with E-state index < -0.39 is 21.9 Å². The summed E-state index contributed by atoms with van der Waals surface area (Å²) >= 11 is 0. The number of nitrogens with zero attached hydrogens (tertiary/aromatic N) is 1. The number of sulfonamides is 1. The average molecular weight is 418 g/mol. The molecule has 0 aliphatic carbocycles. The van der Waals surface area contributed by atoms with E-state index in [1.807, 2.05) is 0 Å².